The van der Waals surface area contributed by atoms with Crippen LogP contribution in [0.5, 0.6) is 0 Å². The summed E-state index contributed by atoms with van der Waals surface area (Å²) < 4.78 is 0. The molecule has 1 N–H and O–H groups in total. The second kappa shape index (κ2) is 6.57. The van der Waals surface area contributed by atoms with Crippen LogP contribution in [0, 0.1) is 5.92 Å². The van der Waals surface area contributed by atoms with E-state index in [1.807, 2.05) is 6.20 Å². The molecule has 0 bridgehead atoms. The van der Waals surface area contributed by atoms with Crippen LogP contribution in [0.25, 0.3) is 11.0 Å². The Morgan fingerprint density at radius 1 is 1.19 bits per heavy atom. The molecule has 3 fully saturated rings. The minimum absolute atomic E-state index is 0.312. The summed E-state index contributed by atoms with van der Waals surface area (Å²) in [6.45, 7) is 4.31. The Morgan fingerprint density at radius 3 is 2.85 bits per heavy atom. The van der Waals surface area contributed by atoms with Gasteiger partial charge in [0.25, 0.3) is 0 Å². The van der Waals surface area contributed by atoms with E-state index in [2.05, 4.69) is 30.8 Å². The number of H-pyrrole nitrogens is 1. The van der Waals surface area contributed by atoms with E-state index < -0.39 is 0 Å². The average molecular weight is 370 g/mol. The maximum absolute atomic E-state index is 5.86. The highest BCUT2D eigenvalue weighted by molar-refractivity contribution is 7.80. The van der Waals surface area contributed by atoms with E-state index in [1.165, 1.54) is 49.8 Å². The zero-order valence-corrected chi connectivity index (χ0v) is 16.1. The maximum Gasteiger partial charge on any atom is 0.142 e. The zero-order chi connectivity index (χ0) is 17.6. The standard InChI is InChI=1S/C20H27N5S/c26-17(15-4-1-2-5-15)12-25-11-3-10-24(13-20(25)7-8-20)19-16-6-9-21-18(16)22-14-23-19/h6,9,14-15H,1-5,7-8,10-13H2,(H,21,22,23). The molecular weight excluding hydrogens is 342 g/mol. The topological polar surface area (TPSA) is 48.1 Å². The number of thiocarbonyl (C=S) groups is 1. The lowest BCUT2D eigenvalue weighted by Gasteiger charge is -2.33. The third kappa shape index (κ3) is 2.93. The normalized spacial score (nSPS) is 23.6. The first-order valence-corrected chi connectivity index (χ1v) is 10.5. The van der Waals surface area contributed by atoms with Gasteiger partial charge in [0.15, 0.2) is 0 Å². The largest absolute Gasteiger partial charge is 0.354 e. The summed E-state index contributed by atoms with van der Waals surface area (Å²) in [6, 6.07) is 2.10. The van der Waals surface area contributed by atoms with Gasteiger partial charge in [-0.05, 0) is 44.1 Å². The molecule has 0 radical (unpaired) electrons. The number of aromatic nitrogens is 3. The number of nitrogens with zero attached hydrogens (tertiary/aromatic N) is 4. The predicted molar refractivity (Wildman–Crippen MR) is 109 cm³/mol. The van der Waals surface area contributed by atoms with Gasteiger partial charge in [-0.2, -0.15) is 0 Å². The highest BCUT2D eigenvalue weighted by Crippen LogP contribution is 2.45. The molecule has 2 aromatic rings. The number of aromatic amines is 1. The number of fused-ring (bicyclic) bond motifs is 1. The summed E-state index contributed by atoms with van der Waals surface area (Å²) >= 11 is 5.86. The number of nitrogens with one attached hydrogen (secondary N) is 1. The molecule has 2 aromatic heterocycles. The Hall–Kier alpha value is -1.53. The van der Waals surface area contributed by atoms with Crippen LogP contribution in [0.2, 0.25) is 0 Å². The monoisotopic (exact) mass is 369 g/mol. The third-order valence-electron chi connectivity index (χ3n) is 6.63. The van der Waals surface area contributed by atoms with Crippen LogP contribution in [-0.2, 0) is 0 Å². The Morgan fingerprint density at radius 2 is 2.04 bits per heavy atom. The van der Waals surface area contributed by atoms with Gasteiger partial charge in [0.2, 0.25) is 0 Å². The molecule has 3 aliphatic rings. The molecule has 2 aliphatic carbocycles. The first-order chi connectivity index (χ1) is 12.8. The van der Waals surface area contributed by atoms with Crippen LogP contribution in [0.3, 0.4) is 0 Å². The molecule has 1 saturated heterocycles. The summed E-state index contributed by atoms with van der Waals surface area (Å²) in [5, 5.41) is 1.14. The molecular formula is C20H27N5S. The molecule has 0 amide bonds. The molecule has 1 spiro atoms. The van der Waals surface area contributed by atoms with E-state index in [0.29, 0.717) is 11.5 Å². The first kappa shape index (κ1) is 16.6. The summed E-state index contributed by atoms with van der Waals surface area (Å²) in [6.07, 6.45) is 12.8. The van der Waals surface area contributed by atoms with Crippen LogP contribution >= 0.6 is 12.2 Å². The Balaban J connectivity index is 1.35. The van der Waals surface area contributed by atoms with E-state index in [-0.39, 0.29) is 0 Å². The fourth-order valence-corrected chi connectivity index (χ4v) is 5.34. The fraction of sp³-hybridized carbons (Fsp3) is 0.650. The molecule has 1 aliphatic heterocycles. The SMILES string of the molecule is S=C(CN1CCCN(c2ncnc3[nH]ccc23)CC12CC2)C1CCCC1. The van der Waals surface area contributed by atoms with Crippen LogP contribution in [-0.4, -0.2) is 56.4 Å². The first-order valence-electron chi connectivity index (χ1n) is 10.1. The molecule has 138 valence electrons. The molecule has 5 nitrogen and oxygen atoms in total. The number of hydrogen-bond donors (Lipinski definition) is 1. The van der Waals surface area contributed by atoms with Crippen molar-refractivity contribution in [3.8, 4) is 0 Å². The van der Waals surface area contributed by atoms with Crippen LogP contribution in [0.15, 0.2) is 18.6 Å². The van der Waals surface area contributed by atoms with Gasteiger partial charge >= 0.3 is 0 Å². The maximum atomic E-state index is 5.86. The molecule has 0 unspecified atom stereocenters. The van der Waals surface area contributed by atoms with E-state index in [1.54, 1.807) is 6.33 Å². The average Bonchev–Trinajstić information content (AvgIpc) is 3.08. The quantitative estimate of drug-likeness (QED) is 0.835. The molecule has 5 rings (SSSR count). The van der Waals surface area contributed by atoms with Crippen LogP contribution in [0.4, 0.5) is 5.82 Å². The van der Waals surface area contributed by atoms with Crippen molar-refractivity contribution in [3.05, 3.63) is 18.6 Å². The predicted octanol–water partition coefficient (Wildman–Crippen LogP) is 3.56. The van der Waals surface area contributed by atoms with E-state index in [4.69, 9.17) is 12.2 Å². The number of hydrogen-bond acceptors (Lipinski definition) is 5. The smallest absolute Gasteiger partial charge is 0.142 e. The second-order valence-corrected chi connectivity index (χ2v) is 8.83. The van der Waals surface area contributed by atoms with Gasteiger partial charge in [-0.1, -0.05) is 25.1 Å². The number of rotatable bonds is 4. The van der Waals surface area contributed by atoms with Crippen molar-refractivity contribution in [2.75, 3.05) is 31.1 Å². The zero-order valence-electron chi connectivity index (χ0n) is 15.3. The molecule has 26 heavy (non-hydrogen) atoms. The summed E-state index contributed by atoms with van der Waals surface area (Å²) in [7, 11) is 0. The lowest BCUT2D eigenvalue weighted by Crippen LogP contribution is -2.46. The summed E-state index contributed by atoms with van der Waals surface area (Å²) in [5.74, 6) is 1.78. The van der Waals surface area contributed by atoms with Gasteiger partial charge < -0.3 is 9.88 Å². The minimum Gasteiger partial charge on any atom is -0.354 e. The fourth-order valence-electron chi connectivity index (χ4n) is 4.95. The Bertz CT molecular complexity index is 805. The van der Waals surface area contributed by atoms with Crippen molar-refractivity contribution in [1.82, 2.24) is 19.9 Å². The van der Waals surface area contributed by atoms with Crippen molar-refractivity contribution in [3.63, 3.8) is 0 Å². The third-order valence-corrected chi connectivity index (χ3v) is 7.09. The molecule has 6 heteroatoms. The van der Waals surface area contributed by atoms with Gasteiger partial charge in [0, 0.05) is 42.8 Å². The van der Waals surface area contributed by atoms with Crippen molar-refractivity contribution in [2.24, 2.45) is 5.92 Å². The van der Waals surface area contributed by atoms with Crippen LogP contribution < -0.4 is 4.90 Å². The molecule has 2 saturated carbocycles. The Labute approximate surface area is 160 Å². The van der Waals surface area contributed by atoms with Crippen molar-refractivity contribution >= 4 is 33.9 Å². The minimum atomic E-state index is 0.312. The lowest BCUT2D eigenvalue weighted by atomic mass is 10.0. The molecule has 0 aromatic carbocycles. The van der Waals surface area contributed by atoms with Gasteiger partial charge in [-0.25, -0.2) is 9.97 Å². The van der Waals surface area contributed by atoms with E-state index >= 15 is 0 Å². The van der Waals surface area contributed by atoms with Gasteiger partial charge in [0.1, 0.15) is 17.8 Å². The Kier molecular flexibility index (Phi) is 4.20. The summed E-state index contributed by atoms with van der Waals surface area (Å²) in [4.78, 5) is 18.7. The van der Waals surface area contributed by atoms with Gasteiger partial charge in [0.05, 0.1) is 5.39 Å². The lowest BCUT2D eigenvalue weighted by molar-refractivity contribution is 0.220. The van der Waals surface area contributed by atoms with E-state index in [9.17, 15) is 0 Å². The van der Waals surface area contributed by atoms with Crippen molar-refractivity contribution in [1.29, 1.82) is 0 Å². The molecule has 3 heterocycles. The van der Waals surface area contributed by atoms with Crippen LogP contribution in [0.1, 0.15) is 44.9 Å². The van der Waals surface area contributed by atoms with Gasteiger partial charge in [-0.3, -0.25) is 4.90 Å². The van der Waals surface area contributed by atoms with Gasteiger partial charge in [-0.15, -0.1) is 0 Å². The number of anilines is 1. The molecule has 0 atom stereocenters. The van der Waals surface area contributed by atoms with Crippen molar-refractivity contribution < 1.29 is 0 Å². The highest BCUT2D eigenvalue weighted by atomic mass is 32.1. The van der Waals surface area contributed by atoms with E-state index in [0.717, 1.165) is 43.0 Å². The highest BCUT2D eigenvalue weighted by Gasteiger charge is 2.50. The van der Waals surface area contributed by atoms with Crippen molar-refractivity contribution in [2.45, 2.75) is 50.5 Å². The second-order valence-electron chi connectivity index (χ2n) is 8.31. The summed E-state index contributed by atoms with van der Waals surface area (Å²) in [5.41, 5.74) is 1.25.